The number of rotatable bonds is 1. The molecule has 0 fully saturated rings. The summed E-state index contributed by atoms with van der Waals surface area (Å²) >= 11 is 0. The topological polar surface area (TPSA) is 47.6 Å². The van der Waals surface area contributed by atoms with Crippen LogP contribution < -0.4 is 0 Å². The zero-order chi connectivity index (χ0) is 9.84. The zero-order valence-electron chi connectivity index (χ0n) is 7.76. The molecule has 0 spiro atoms. The van der Waals surface area contributed by atoms with Crippen molar-refractivity contribution in [1.29, 1.82) is 10.5 Å². The second-order valence-corrected chi connectivity index (χ2v) is 3.03. The molecule has 0 aliphatic heterocycles. The van der Waals surface area contributed by atoms with Gasteiger partial charge in [-0.15, -0.1) is 0 Å². The number of hydrogen-bond donors (Lipinski definition) is 0. The Morgan fingerprint density at radius 3 is 2.46 bits per heavy atom. The third kappa shape index (κ3) is 1.86. The molecule has 0 aliphatic rings. The van der Waals surface area contributed by atoms with E-state index in [-0.39, 0.29) is 0 Å². The zero-order valence-corrected chi connectivity index (χ0v) is 7.76. The number of hydrogen-bond acceptors (Lipinski definition) is 2. The molecule has 0 atom stereocenters. The van der Waals surface area contributed by atoms with Gasteiger partial charge in [-0.2, -0.15) is 10.5 Å². The summed E-state index contributed by atoms with van der Waals surface area (Å²) in [4.78, 5) is 0. The first-order valence-corrected chi connectivity index (χ1v) is 4.06. The van der Waals surface area contributed by atoms with Gasteiger partial charge in [-0.05, 0) is 36.6 Å². The summed E-state index contributed by atoms with van der Waals surface area (Å²) in [5.41, 5.74) is 3.67. The van der Waals surface area contributed by atoms with E-state index in [1.807, 2.05) is 19.9 Å². The average molecular weight is 170 g/mol. The van der Waals surface area contributed by atoms with E-state index in [9.17, 15) is 0 Å². The molecule has 2 nitrogen and oxygen atoms in total. The van der Waals surface area contributed by atoms with Gasteiger partial charge in [0.2, 0.25) is 0 Å². The summed E-state index contributed by atoms with van der Waals surface area (Å²) in [5, 5.41) is 17.3. The lowest BCUT2D eigenvalue weighted by molar-refractivity contribution is 1.21. The molecule has 13 heavy (non-hydrogen) atoms. The van der Waals surface area contributed by atoms with Gasteiger partial charge < -0.3 is 0 Å². The third-order valence-corrected chi connectivity index (χ3v) is 2.13. The summed E-state index contributed by atoms with van der Waals surface area (Å²) in [6.07, 6.45) is 0.371. The van der Waals surface area contributed by atoms with Gasteiger partial charge in [0, 0.05) is 0 Å². The van der Waals surface area contributed by atoms with Crippen molar-refractivity contribution < 1.29 is 0 Å². The van der Waals surface area contributed by atoms with Crippen LogP contribution in [0.15, 0.2) is 12.1 Å². The van der Waals surface area contributed by atoms with Crippen molar-refractivity contribution in [2.75, 3.05) is 0 Å². The second-order valence-electron chi connectivity index (χ2n) is 3.03. The maximum Gasteiger partial charge on any atom is 0.0994 e. The first-order chi connectivity index (χ1) is 6.19. The minimum atomic E-state index is 0.371. The quantitative estimate of drug-likeness (QED) is 0.648. The summed E-state index contributed by atoms with van der Waals surface area (Å²) < 4.78 is 0. The Balaban J connectivity index is 3.26. The van der Waals surface area contributed by atoms with E-state index in [0.717, 1.165) is 16.7 Å². The number of nitriles is 2. The van der Waals surface area contributed by atoms with Gasteiger partial charge in [-0.25, -0.2) is 0 Å². The van der Waals surface area contributed by atoms with Crippen LogP contribution in [0.4, 0.5) is 0 Å². The minimum absolute atomic E-state index is 0.371. The largest absolute Gasteiger partial charge is 0.198 e. The van der Waals surface area contributed by atoms with Crippen LogP contribution in [-0.4, -0.2) is 0 Å². The van der Waals surface area contributed by atoms with E-state index >= 15 is 0 Å². The Kier molecular flexibility index (Phi) is 2.67. The highest BCUT2D eigenvalue weighted by atomic mass is 14.3. The molecule has 1 aromatic carbocycles. The third-order valence-electron chi connectivity index (χ3n) is 2.13. The lowest BCUT2D eigenvalue weighted by atomic mass is 9.99. The summed E-state index contributed by atoms with van der Waals surface area (Å²) in [6.45, 7) is 3.88. The standard InChI is InChI=1S/C11H10N2/c1-8-5-10(3-4-12)6-11(7-13)9(8)2/h5-6H,3H2,1-2H3. The Morgan fingerprint density at radius 1 is 1.23 bits per heavy atom. The van der Waals surface area contributed by atoms with Crippen LogP contribution in [0.5, 0.6) is 0 Å². The molecule has 0 N–H and O–H groups in total. The Morgan fingerprint density at radius 2 is 1.92 bits per heavy atom. The maximum atomic E-state index is 8.80. The minimum Gasteiger partial charge on any atom is -0.198 e. The second kappa shape index (κ2) is 3.74. The molecule has 0 saturated carbocycles. The predicted octanol–water partition coefficient (Wildman–Crippen LogP) is 2.24. The van der Waals surface area contributed by atoms with Gasteiger partial charge in [0.15, 0.2) is 0 Å². The Hall–Kier alpha value is -1.80. The average Bonchev–Trinajstić information content (AvgIpc) is 2.11. The molecular weight excluding hydrogens is 160 g/mol. The van der Waals surface area contributed by atoms with Crippen molar-refractivity contribution in [1.82, 2.24) is 0 Å². The molecule has 0 bridgehead atoms. The van der Waals surface area contributed by atoms with Crippen LogP contribution in [0.1, 0.15) is 22.3 Å². The lowest BCUT2D eigenvalue weighted by Gasteiger charge is -2.04. The fraction of sp³-hybridized carbons (Fsp3) is 0.273. The fourth-order valence-corrected chi connectivity index (χ4v) is 1.24. The van der Waals surface area contributed by atoms with Gasteiger partial charge in [-0.3, -0.25) is 0 Å². The first-order valence-electron chi connectivity index (χ1n) is 4.06. The predicted molar refractivity (Wildman–Crippen MR) is 49.9 cm³/mol. The molecule has 0 amide bonds. The van der Waals surface area contributed by atoms with E-state index < -0.39 is 0 Å². The Labute approximate surface area is 78.0 Å². The van der Waals surface area contributed by atoms with E-state index in [4.69, 9.17) is 10.5 Å². The molecule has 0 aliphatic carbocycles. The summed E-state index contributed by atoms with van der Waals surface area (Å²) in [5.74, 6) is 0. The molecule has 1 rings (SSSR count). The van der Waals surface area contributed by atoms with Crippen molar-refractivity contribution in [3.05, 3.63) is 34.4 Å². The van der Waals surface area contributed by atoms with Crippen molar-refractivity contribution in [2.45, 2.75) is 20.3 Å². The summed E-state index contributed by atoms with van der Waals surface area (Å²) in [7, 11) is 0. The monoisotopic (exact) mass is 170 g/mol. The van der Waals surface area contributed by atoms with Crippen LogP contribution in [0.25, 0.3) is 0 Å². The maximum absolute atomic E-state index is 8.80. The van der Waals surface area contributed by atoms with Crippen molar-refractivity contribution in [3.8, 4) is 12.1 Å². The van der Waals surface area contributed by atoms with Crippen molar-refractivity contribution >= 4 is 0 Å². The molecular formula is C11H10N2. The van der Waals surface area contributed by atoms with Crippen LogP contribution >= 0.6 is 0 Å². The highest BCUT2D eigenvalue weighted by Crippen LogP contribution is 2.15. The van der Waals surface area contributed by atoms with Gasteiger partial charge in [0.1, 0.15) is 0 Å². The molecule has 1 aromatic rings. The van der Waals surface area contributed by atoms with Gasteiger partial charge in [0.25, 0.3) is 0 Å². The molecule has 0 unspecified atom stereocenters. The van der Waals surface area contributed by atoms with Gasteiger partial charge in [-0.1, -0.05) is 6.07 Å². The molecule has 64 valence electrons. The van der Waals surface area contributed by atoms with Crippen LogP contribution in [0, 0.1) is 36.5 Å². The number of aryl methyl sites for hydroxylation is 1. The highest BCUT2D eigenvalue weighted by molar-refractivity contribution is 5.45. The first kappa shape index (κ1) is 9.29. The molecule has 0 saturated heterocycles. The summed E-state index contributed by atoms with van der Waals surface area (Å²) in [6, 6.07) is 7.94. The van der Waals surface area contributed by atoms with Crippen LogP contribution in [0.2, 0.25) is 0 Å². The van der Waals surface area contributed by atoms with Gasteiger partial charge in [0.05, 0.1) is 24.1 Å². The van der Waals surface area contributed by atoms with Crippen molar-refractivity contribution in [2.24, 2.45) is 0 Å². The fourth-order valence-electron chi connectivity index (χ4n) is 1.24. The lowest BCUT2D eigenvalue weighted by Crippen LogP contribution is -1.91. The van der Waals surface area contributed by atoms with Crippen molar-refractivity contribution in [3.63, 3.8) is 0 Å². The normalized spacial score (nSPS) is 8.92. The molecule has 2 heteroatoms. The van der Waals surface area contributed by atoms with E-state index in [1.54, 1.807) is 6.07 Å². The number of benzene rings is 1. The molecule has 0 radical (unpaired) electrons. The van der Waals surface area contributed by atoms with E-state index in [2.05, 4.69) is 12.1 Å². The van der Waals surface area contributed by atoms with Crippen LogP contribution in [-0.2, 0) is 6.42 Å². The number of nitrogens with zero attached hydrogens (tertiary/aromatic N) is 2. The highest BCUT2D eigenvalue weighted by Gasteiger charge is 2.02. The smallest absolute Gasteiger partial charge is 0.0994 e. The van der Waals surface area contributed by atoms with E-state index in [1.165, 1.54) is 0 Å². The van der Waals surface area contributed by atoms with E-state index in [0.29, 0.717) is 12.0 Å². The SMILES string of the molecule is Cc1cc(CC#N)cc(C#N)c1C. The molecule has 0 heterocycles. The van der Waals surface area contributed by atoms with Gasteiger partial charge >= 0.3 is 0 Å². The van der Waals surface area contributed by atoms with Crippen LogP contribution in [0.3, 0.4) is 0 Å². The Bertz CT molecular complexity index is 405. The molecule has 0 aromatic heterocycles.